The molecule has 42 heavy (non-hydrogen) atoms. The molecule has 2 aliphatic rings. The fourth-order valence-electron chi connectivity index (χ4n) is 5.77. The van der Waals surface area contributed by atoms with Gasteiger partial charge in [-0.05, 0) is 73.7 Å². The Bertz CT molecular complexity index is 1830. The average molecular weight is 580 g/mol. The summed E-state index contributed by atoms with van der Waals surface area (Å²) in [6, 6.07) is 22.6. The second-order valence-corrected chi connectivity index (χ2v) is 11.5. The number of aromatic nitrogens is 1. The number of hydrogen-bond donors (Lipinski definition) is 0. The number of aryl methyl sites for hydroxylation is 1. The fraction of sp³-hybridized carbons (Fsp3) is 0.265. The summed E-state index contributed by atoms with van der Waals surface area (Å²) in [6.45, 7) is 6.26. The van der Waals surface area contributed by atoms with E-state index in [4.69, 9.17) is 14.5 Å². The Hall–Kier alpha value is -4.43. The van der Waals surface area contributed by atoms with Crippen LogP contribution in [0, 0.1) is 6.92 Å². The molecule has 0 aliphatic carbocycles. The molecule has 0 unspecified atom stereocenters. The molecule has 0 radical (unpaired) electrons. The van der Waals surface area contributed by atoms with Gasteiger partial charge in [-0.25, -0.2) is 9.79 Å². The maximum atomic E-state index is 14.1. The van der Waals surface area contributed by atoms with Crippen molar-refractivity contribution in [3.63, 3.8) is 0 Å². The van der Waals surface area contributed by atoms with Gasteiger partial charge in [0.05, 0.1) is 35.6 Å². The summed E-state index contributed by atoms with van der Waals surface area (Å²) in [5, 5.41) is 0. The third-order valence-corrected chi connectivity index (χ3v) is 8.75. The number of benzene rings is 3. The average Bonchev–Trinajstić information content (AvgIpc) is 3.65. The summed E-state index contributed by atoms with van der Waals surface area (Å²) >= 11 is 1.33. The van der Waals surface area contributed by atoms with Gasteiger partial charge in [-0.3, -0.25) is 9.36 Å². The number of methoxy groups -OCH3 is 1. The minimum absolute atomic E-state index is 0.199. The van der Waals surface area contributed by atoms with Crippen molar-refractivity contribution in [2.45, 2.75) is 32.7 Å². The molecule has 1 saturated heterocycles. The second-order valence-electron chi connectivity index (χ2n) is 10.4. The van der Waals surface area contributed by atoms with E-state index in [1.54, 1.807) is 18.6 Å². The number of anilines is 1. The Balaban J connectivity index is 1.55. The molecule has 0 N–H and O–H groups in total. The largest absolute Gasteiger partial charge is 0.497 e. The molecular formula is C34H33N3O4S. The Morgan fingerprint density at radius 2 is 1.79 bits per heavy atom. The molecule has 1 atom stereocenters. The van der Waals surface area contributed by atoms with Crippen molar-refractivity contribution < 1.29 is 14.3 Å². The van der Waals surface area contributed by atoms with Gasteiger partial charge >= 0.3 is 5.97 Å². The van der Waals surface area contributed by atoms with E-state index in [0.29, 0.717) is 26.4 Å². The summed E-state index contributed by atoms with van der Waals surface area (Å²) in [6.07, 6.45) is 4.36. The highest BCUT2D eigenvalue weighted by molar-refractivity contribution is 7.07. The molecule has 3 aromatic carbocycles. The third kappa shape index (κ3) is 5.18. The number of fused-ring (bicyclic) bond motifs is 1. The van der Waals surface area contributed by atoms with Crippen molar-refractivity contribution in [2.24, 2.45) is 4.99 Å². The Morgan fingerprint density at radius 1 is 1.05 bits per heavy atom. The maximum Gasteiger partial charge on any atom is 0.338 e. The monoisotopic (exact) mass is 579 g/mol. The van der Waals surface area contributed by atoms with E-state index in [2.05, 4.69) is 30.0 Å². The molecular weight excluding hydrogens is 546 g/mol. The topological polar surface area (TPSA) is 73.1 Å². The van der Waals surface area contributed by atoms with E-state index < -0.39 is 12.0 Å². The summed E-state index contributed by atoms with van der Waals surface area (Å²) in [5.74, 6) is 0.187. The van der Waals surface area contributed by atoms with Gasteiger partial charge in [-0.1, -0.05) is 59.9 Å². The van der Waals surface area contributed by atoms with Gasteiger partial charge in [-0.2, -0.15) is 0 Å². The molecule has 1 aromatic heterocycles. The summed E-state index contributed by atoms with van der Waals surface area (Å²) in [4.78, 5) is 35.6. The number of rotatable bonds is 7. The van der Waals surface area contributed by atoms with Gasteiger partial charge in [0, 0.05) is 24.3 Å². The van der Waals surface area contributed by atoms with Crippen LogP contribution in [0.1, 0.15) is 48.1 Å². The lowest BCUT2D eigenvalue weighted by Gasteiger charge is -2.26. The SMILES string of the molecule is CCOC(=O)C1=C(c2ccccc2)N=c2s/c(=C/c3ccc(N4CCCC4)c(C)c3)c(=O)n2[C@@H]1c1ccc(OC)cc1. The van der Waals surface area contributed by atoms with Crippen molar-refractivity contribution in [1.29, 1.82) is 0 Å². The Kier molecular flexibility index (Phi) is 7.80. The first-order valence-corrected chi connectivity index (χ1v) is 15.1. The molecule has 0 saturated carbocycles. The van der Waals surface area contributed by atoms with Crippen LogP contribution in [-0.4, -0.2) is 37.3 Å². The van der Waals surface area contributed by atoms with Crippen LogP contribution in [0.3, 0.4) is 0 Å². The van der Waals surface area contributed by atoms with E-state index in [9.17, 15) is 9.59 Å². The van der Waals surface area contributed by atoms with Crippen LogP contribution in [0.5, 0.6) is 5.75 Å². The van der Waals surface area contributed by atoms with Crippen LogP contribution >= 0.6 is 11.3 Å². The molecule has 2 aliphatic heterocycles. The minimum Gasteiger partial charge on any atom is -0.497 e. The Labute approximate surface area is 248 Å². The standard InChI is InChI=1S/C34H33N3O4S/c1-4-41-33(39)29-30(24-10-6-5-7-11-24)35-34-37(31(29)25-13-15-26(40-3)16-14-25)32(38)28(42-34)21-23-12-17-27(22(2)20-23)36-18-8-9-19-36/h5-7,10-17,20-21,31H,4,8-9,18-19H2,1-3H3/b28-21+/t31-/m1/s1. The predicted octanol–water partition coefficient (Wildman–Crippen LogP) is 4.85. The summed E-state index contributed by atoms with van der Waals surface area (Å²) < 4.78 is 13.1. The zero-order valence-electron chi connectivity index (χ0n) is 24.0. The number of thiazole rings is 1. The van der Waals surface area contributed by atoms with Gasteiger partial charge in [0.2, 0.25) is 0 Å². The molecule has 4 aromatic rings. The Morgan fingerprint density at radius 3 is 2.45 bits per heavy atom. The molecule has 0 bridgehead atoms. The quantitative estimate of drug-likeness (QED) is 0.293. The number of carbonyl (C=O) groups is 1. The van der Waals surface area contributed by atoms with Gasteiger partial charge in [0.25, 0.3) is 5.56 Å². The van der Waals surface area contributed by atoms with Crippen molar-refractivity contribution in [2.75, 3.05) is 31.7 Å². The first-order valence-electron chi connectivity index (χ1n) is 14.3. The molecule has 0 amide bonds. The number of ether oxygens (including phenoxy) is 2. The highest BCUT2D eigenvalue weighted by atomic mass is 32.1. The van der Waals surface area contributed by atoms with E-state index in [0.717, 1.165) is 29.8 Å². The van der Waals surface area contributed by atoms with Gasteiger partial charge in [-0.15, -0.1) is 0 Å². The van der Waals surface area contributed by atoms with E-state index >= 15 is 0 Å². The first kappa shape index (κ1) is 27.7. The van der Waals surface area contributed by atoms with Gasteiger partial charge < -0.3 is 14.4 Å². The van der Waals surface area contributed by atoms with Gasteiger partial charge in [0.15, 0.2) is 4.80 Å². The smallest absolute Gasteiger partial charge is 0.338 e. The van der Waals surface area contributed by atoms with E-state index in [-0.39, 0.29) is 12.2 Å². The highest BCUT2D eigenvalue weighted by Gasteiger charge is 2.35. The lowest BCUT2D eigenvalue weighted by molar-refractivity contribution is -0.138. The lowest BCUT2D eigenvalue weighted by Crippen LogP contribution is -2.40. The molecule has 7 nitrogen and oxygen atoms in total. The zero-order chi connectivity index (χ0) is 29.2. The summed E-state index contributed by atoms with van der Waals surface area (Å²) in [5.41, 5.74) is 5.57. The van der Waals surface area contributed by atoms with E-state index in [1.807, 2.05) is 60.7 Å². The lowest BCUT2D eigenvalue weighted by atomic mass is 9.93. The van der Waals surface area contributed by atoms with Crippen LogP contribution in [0.25, 0.3) is 11.8 Å². The number of hydrogen-bond acceptors (Lipinski definition) is 7. The number of nitrogens with zero attached hydrogens (tertiary/aromatic N) is 3. The molecule has 0 spiro atoms. The first-order chi connectivity index (χ1) is 20.5. The highest BCUT2D eigenvalue weighted by Crippen LogP contribution is 2.35. The molecule has 6 rings (SSSR count). The zero-order valence-corrected chi connectivity index (χ0v) is 24.8. The van der Waals surface area contributed by atoms with Crippen LogP contribution in [0.4, 0.5) is 5.69 Å². The number of carbonyl (C=O) groups excluding carboxylic acids is 1. The minimum atomic E-state index is -0.720. The summed E-state index contributed by atoms with van der Waals surface area (Å²) in [7, 11) is 1.61. The fourth-order valence-corrected chi connectivity index (χ4v) is 6.78. The van der Waals surface area contributed by atoms with Crippen LogP contribution < -0.4 is 24.5 Å². The second kappa shape index (κ2) is 11.8. The van der Waals surface area contributed by atoms with Gasteiger partial charge in [0.1, 0.15) is 5.75 Å². The van der Waals surface area contributed by atoms with Crippen molar-refractivity contribution in [3.8, 4) is 5.75 Å². The predicted molar refractivity (Wildman–Crippen MR) is 167 cm³/mol. The van der Waals surface area contributed by atoms with E-state index in [1.165, 1.54) is 35.4 Å². The van der Waals surface area contributed by atoms with Crippen LogP contribution in [0.2, 0.25) is 0 Å². The van der Waals surface area contributed by atoms with Crippen LogP contribution in [-0.2, 0) is 9.53 Å². The molecule has 3 heterocycles. The normalized spacial score (nSPS) is 16.8. The molecule has 214 valence electrons. The maximum absolute atomic E-state index is 14.1. The number of esters is 1. The van der Waals surface area contributed by atoms with Crippen LogP contribution in [0.15, 0.2) is 88.2 Å². The molecule has 8 heteroatoms. The van der Waals surface area contributed by atoms with Crippen molar-refractivity contribution >= 4 is 34.8 Å². The third-order valence-electron chi connectivity index (χ3n) is 7.77. The van der Waals surface area contributed by atoms with Crippen molar-refractivity contribution in [1.82, 2.24) is 4.57 Å². The molecule has 1 fully saturated rings. The van der Waals surface area contributed by atoms with Crippen molar-refractivity contribution in [3.05, 3.63) is 120 Å².